The van der Waals surface area contributed by atoms with Crippen LogP contribution in [0.25, 0.3) is 0 Å². The van der Waals surface area contributed by atoms with E-state index in [9.17, 15) is 0 Å². The third-order valence-electron chi connectivity index (χ3n) is 3.28. The number of aromatic nitrogens is 2. The van der Waals surface area contributed by atoms with Gasteiger partial charge in [-0.05, 0) is 42.2 Å². The average molecular weight is 274 g/mol. The van der Waals surface area contributed by atoms with Crippen molar-refractivity contribution in [2.75, 3.05) is 17.3 Å². The van der Waals surface area contributed by atoms with Crippen molar-refractivity contribution in [3.05, 3.63) is 34.2 Å². The highest BCUT2D eigenvalue weighted by atomic mass is 32.1. The molecule has 2 aromatic heterocycles. The van der Waals surface area contributed by atoms with E-state index in [2.05, 4.69) is 43.1 Å². The molecular weight excluding hydrogens is 256 g/mol. The lowest BCUT2D eigenvalue weighted by atomic mass is 10.3. The number of nitrogens with zero attached hydrogens (tertiary/aromatic N) is 3. The molecule has 0 spiro atoms. The second-order valence-corrected chi connectivity index (χ2v) is 5.71. The fourth-order valence-corrected chi connectivity index (χ4v) is 2.83. The molecule has 0 radical (unpaired) electrons. The molecule has 1 saturated carbocycles. The van der Waals surface area contributed by atoms with Crippen LogP contribution in [0.3, 0.4) is 0 Å². The molecule has 1 aliphatic carbocycles. The number of nitrogens with one attached hydrogen (secondary N) is 1. The number of rotatable bonds is 5. The molecule has 3 rings (SSSR count). The third kappa shape index (κ3) is 2.87. The van der Waals surface area contributed by atoms with Gasteiger partial charge in [0.05, 0.1) is 0 Å². The van der Waals surface area contributed by atoms with Crippen molar-refractivity contribution < 1.29 is 0 Å². The lowest BCUT2D eigenvalue weighted by Crippen LogP contribution is -2.26. The van der Waals surface area contributed by atoms with Gasteiger partial charge in [0.15, 0.2) is 0 Å². The van der Waals surface area contributed by atoms with E-state index in [0.717, 1.165) is 18.1 Å². The van der Waals surface area contributed by atoms with Gasteiger partial charge in [-0.2, -0.15) is 16.3 Å². The van der Waals surface area contributed by atoms with Gasteiger partial charge in [-0.1, -0.05) is 0 Å². The monoisotopic (exact) mass is 274 g/mol. The van der Waals surface area contributed by atoms with Gasteiger partial charge in [0.25, 0.3) is 0 Å². The highest BCUT2D eigenvalue weighted by molar-refractivity contribution is 7.07. The van der Waals surface area contributed by atoms with E-state index >= 15 is 0 Å². The SMILES string of the molecule is CNc1nc(C)cc(N(Cc2ccsc2)C2CC2)n1. The van der Waals surface area contributed by atoms with Crippen molar-refractivity contribution in [1.82, 2.24) is 9.97 Å². The van der Waals surface area contributed by atoms with Gasteiger partial charge in [0.1, 0.15) is 5.82 Å². The van der Waals surface area contributed by atoms with Crippen molar-refractivity contribution in [3.63, 3.8) is 0 Å². The van der Waals surface area contributed by atoms with Crippen LogP contribution in [0, 0.1) is 6.92 Å². The molecule has 0 aromatic carbocycles. The Hall–Kier alpha value is -1.62. The largest absolute Gasteiger partial charge is 0.357 e. The van der Waals surface area contributed by atoms with Gasteiger partial charge in [0.2, 0.25) is 5.95 Å². The van der Waals surface area contributed by atoms with E-state index in [1.54, 1.807) is 11.3 Å². The maximum Gasteiger partial charge on any atom is 0.224 e. The van der Waals surface area contributed by atoms with E-state index in [-0.39, 0.29) is 0 Å². The lowest BCUT2D eigenvalue weighted by Gasteiger charge is -2.23. The molecule has 2 heterocycles. The smallest absolute Gasteiger partial charge is 0.224 e. The first-order valence-electron chi connectivity index (χ1n) is 6.57. The van der Waals surface area contributed by atoms with Crippen LogP contribution in [0.1, 0.15) is 24.1 Å². The Bertz CT molecular complexity index is 549. The minimum atomic E-state index is 0.638. The van der Waals surface area contributed by atoms with Crippen molar-refractivity contribution in [1.29, 1.82) is 0 Å². The van der Waals surface area contributed by atoms with Gasteiger partial charge in [0, 0.05) is 31.4 Å². The molecular formula is C14H18N4S. The minimum Gasteiger partial charge on any atom is -0.357 e. The highest BCUT2D eigenvalue weighted by Gasteiger charge is 2.30. The Kier molecular flexibility index (Phi) is 3.38. The van der Waals surface area contributed by atoms with Gasteiger partial charge in [-0.25, -0.2) is 4.98 Å². The molecule has 0 bridgehead atoms. The summed E-state index contributed by atoms with van der Waals surface area (Å²) >= 11 is 1.75. The summed E-state index contributed by atoms with van der Waals surface area (Å²) in [6.45, 7) is 2.95. The number of aryl methyl sites for hydroxylation is 1. The second-order valence-electron chi connectivity index (χ2n) is 4.93. The van der Waals surface area contributed by atoms with Crippen molar-refractivity contribution >= 4 is 23.1 Å². The maximum atomic E-state index is 4.60. The second kappa shape index (κ2) is 5.17. The average Bonchev–Trinajstić information content (AvgIpc) is 3.12. The quantitative estimate of drug-likeness (QED) is 0.910. The summed E-state index contributed by atoms with van der Waals surface area (Å²) in [5, 5.41) is 7.37. The van der Waals surface area contributed by atoms with E-state index in [4.69, 9.17) is 0 Å². The van der Waals surface area contributed by atoms with Crippen LogP contribution in [0.2, 0.25) is 0 Å². The lowest BCUT2D eigenvalue weighted by molar-refractivity contribution is 0.776. The van der Waals surface area contributed by atoms with Gasteiger partial charge >= 0.3 is 0 Å². The van der Waals surface area contributed by atoms with Crippen LogP contribution >= 0.6 is 11.3 Å². The predicted octanol–water partition coefficient (Wildman–Crippen LogP) is 3.06. The summed E-state index contributed by atoms with van der Waals surface area (Å²) in [5.74, 6) is 1.73. The van der Waals surface area contributed by atoms with Crippen LogP contribution in [0.15, 0.2) is 22.9 Å². The summed E-state index contributed by atoms with van der Waals surface area (Å²) in [6, 6.07) is 4.90. The van der Waals surface area contributed by atoms with Gasteiger partial charge in [-0.3, -0.25) is 0 Å². The van der Waals surface area contributed by atoms with Crippen molar-refractivity contribution in [3.8, 4) is 0 Å². The summed E-state index contributed by atoms with van der Waals surface area (Å²) in [4.78, 5) is 11.4. The molecule has 100 valence electrons. The number of anilines is 2. The maximum absolute atomic E-state index is 4.60. The zero-order valence-corrected chi connectivity index (χ0v) is 12.1. The standard InChI is InChI=1S/C14H18N4S/c1-10-7-13(17-14(15-2)16-10)18(12-3-4-12)8-11-5-6-19-9-11/h5-7,9,12H,3-4,8H2,1-2H3,(H,15,16,17). The number of hydrogen-bond donors (Lipinski definition) is 1. The minimum absolute atomic E-state index is 0.638. The van der Waals surface area contributed by atoms with E-state index in [1.165, 1.54) is 18.4 Å². The number of hydrogen-bond acceptors (Lipinski definition) is 5. The van der Waals surface area contributed by atoms with Gasteiger partial charge in [-0.15, -0.1) is 0 Å². The normalized spacial score (nSPS) is 14.4. The van der Waals surface area contributed by atoms with Gasteiger partial charge < -0.3 is 10.2 Å². The molecule has 0 unspecified atom stereocenters. The van der Waals surface area contributed by atoms with E-state index in [1.807, 2.05) is 14.0 Å². The van der Waals surface area contributed by atoms with Crippen molar-refractivity contribution in [2.24, 2.45) is 0 Å². The van der Waals surface area contributed by atoms with Crippen LogP contribution < -0.4 is 10.2 Å². The topological polar surface area (TPSA) is 41.1 Å². The Balaban J connectivity index is 1.89. The molecule has 1 fully saturated rings. The Labute approximate surface area is 117 Å². The first kappa shape index (κ1) is 12.4. The Morgan fingerprint density at radius 2 is 2.26 bits per heavy atom. The Morgan fingerprint density at radius 1 is 1.42 bits per heavy atom. The first-order valence-corrected chi connectivity index (χ1v) is 7.51. The summed E-state index contributed by atoms with van der Waals surface area (Å²) in [6.07, 6.45) is 2.53. The molecule has 0 saturated heterocycles. The van der Waals surface area contributed by atoms with E-state index < -0.39 is 0 Å². The van der Waals surface area contributed by atoms with Crippen LogP contribution in [-0.2, 0) is 6.54 Å². The van der Waals surface area contributed by atoms with Crippen LogP contribution in [0.4, 0.5) is 11.8 Å². The molecule has 0 aliphatic heterocycles. The molecule has 4 nitrogen and oxygen atoms in total. The molecule has 19 heavy (non-hydrogen) atoms. The highest BCUT2D eigenvalue weighted by Crippen LogP contribution is 2.33. The Morgan fingerprint density at radius 3 is 2.89 bits per heavy atom. The molecule has 0 amide bonds. The van der Waals surface area contributed by atoms with Crippen LogP contribution in [-0.4, -0.2) is 23.1 Å². The molecule has 0 atom stereocenters. The van der Waals surface area contributed by atoms with Crippen molar-refractivity contribution in [2.45, 2.75) is 32.4 Å². The molecule has 5 heteroatoms. The first-order chi connectivity index (χ1) is 9.26. The zero-order chi connectivity index (χ0) is 13.2. The molecule has 1 aliphatic rings. The summed E-state index contributed by atoms with van der Waals surface area (Å²) < 4.78 is 0. The molecule has 2 aromatic rings. The third-order valence-corrected chi connectivity index (χ3v) is 4.01. The summed E-state index contributed by atoms with van der Waals surface area (Å²) in [7, 11) is 1.86. The fraction of sp³-hybridized carbons (Fsp3) is 0.429. The zero-order valence-electron chi connectivity index (χ0n) is 11.3. The van der Waals surface area contributed by atoms with E-state index in [0.29, 0.717) is 12.0 Å². The van der Waals surface area contributed by atoms with Crippen LogP contribution in [0.5, 0.6) is 0 Å². The molecule has 1 N–H and O–H groups in total. The summed E-state index contributed by atoms with van der Waals surface area (Å²) in [5.41, 5.74) is 2.37. The predicted molar refractivity (Wildman–Crippen MR) is 79.8 cm³/mol. The number of thiophene rings is 1. The fourth-order valence-electron chi connectivity index (χ4n) is 2.17.